The van der Waals surface area contributed by atoms with Crippen LogP contribution in [-0.2, 0) is 22.6 Å². The van der Waals surface area contributed by atoms with Crippen LogP contribution in [0.4, 0.5) is 4.39 Å². The number of halogens is 1. The Morgan fingerprint density at radius 1 is 1.11 bits per heavy atom. The molecule has 1 N–H and O–H groups in total. The van der Waals surface area contributed by atoms with E-state index in [0.717, 1.165) is 16.7 Å². The quantitative estimate of drug-likeness (QED) is 0.810. The first-order valence-electron chi connectivity index (χ1n) is 9.20. The Kier molecular flexibility index (Phi) is 7.11. The number of likely N-dealkylation sites (N-methyl/N-ethyl adjacent to an activating group) is 1. The molecule has 0 fully saturated rings. The van der Waals surface area contributed by atoms with Gasteiger partial charge in [0.25, 0.3) is 0 Å². The third-order valence-corrected chi connectivity index (χ3v) is 4.66. The third-order valence-electron chi connectivity index (χ3n) is 4.66. The molecular weight excluding hydrogens is 343 g/mol. The van der Waals surface area contributed by atoms with Gasteiger partial charge in [0.05, 0.1) is 6.42 Å². The highest BCUT2D eigenvalue weighted by Gasteiger charge is 2.26. The maximum Gasteiger partial charge on any atom is 0.242 e. The van der Waals surface area contributed by atoms with Crippen molar-refractivity contribution in [2.75, 3.05) is 6.54 Å². The highest BCUT2D eigenvalue weighted by molar-refractivity contribution is 5.88. The number of amides is 2. The largest absolute Gasteiger partial charge is 0.355 e. The van der Waals surface area contributed by atoms with Crippen molar-refractivity contribution in [3.63, 3.8) is 0 Å². The molecule has 0 saturated carbocycles. The van der Waals surface area contributed by atoms with E-state index in [-0.39, 0.29) is 30.6 Å². The van der Waals surface area contributed by atoms with Gasteiger partial charge in [-0.1, -0.05) is 42.0 Å². The van der Waals surface area contributed by atoms with E-state index < -0.39 is 6.04 Å². The normalized spacial score (nSPS) is 11.7. The Bertz CT molecular complexity index is 820. The van der Waals surface area contributed by atoms with Crippen molar-refractivity contribution in [2.24, 2.45) is 0 Å². The zero-order valence-corrected chi connectivity index (χ0v) is 16.4. The van der Waals surface area contributed by atoms with Crippen LogP contribution >= 0.6 is 0 Å². The van der Waals surface area contributed by atoms with Crippen LogP contribution in [0, 0.1) is 19.7 Å². The molecule has 0 bridgehead atoms. The molecule has 27 heavy (non-hydrogen) atoms. The number of rotatable bonds is 7. The summed E-state index contributed by atoms with van der Waals surface area (Å²) in [5.41, 5.74) is 3.40. The lowest BCUT2D eigenvalue weighted by Gasteiger charge is -2.29. The lowest BCUT2D eigenvalue weighted by atomic mass is 10.0. The summed E-state index contributed by atoms with van der Waals surface area (Å²) in [6.45, 7) is 7.95. The van der Waals surface area contributed by atoms with Gasteiger partial charge in [-0.25, -0.2) is 4.39 Å². The van der Waals surface area contributed by atoms with Crippen LogP contribution in [0.3, 0.4) is 0 Å². The average molecular weight is 370 g/mol. The van der Waals surface area contributed by atoms with Crippen LogP contribution in [0.25, 0.3) is 0 Å². The first kappa shape index (κ1) is 20.6. The monoisotopic (exact) mass is 370 g/mol. The summed E-state index contributed by atoms with van der Waals surface area (Å²) < 4.78 is 14.1. The van der Waals surface area contributed by atoms with Gasteiger partial charge in [-0.05, 0) is 44.9 Å². The Hall–Kier alpha value is -2.69. The van der Waals surface area contributed by atoms with Crippen molar-refractivity contribution in [3.05, 3.63) is 70.5 Å². The molecule has 2 rings (SSSR count). The number of aryl methyl sites for hydroxylation is 2. The molecule has 1 atom stereocenters. The Morgan fingerprint density at radius 2 is 1.81 bits per heavy atom. The Labute approximate surface area is 160 Å². The van der Waals surface area contributed by atoms with E-state index in [1.54, 1.807) is 25.1 Å². The lowest BCUT2D eigenvalue weighted by molar-refractivity contribution is -0.140. The SMILES string of the molecule is CCNC(=O)C(C)N(Cc1ccccc1F)C(=O)Cc1cc(C)ccc1C. The molecule has 1 unspecified atom stereocenters. The van der Waals surface area contributed by atoms with Crippen molar-refractivity contribution in [3.8, 4) is 0 Å². The lowest BCUT2D eigenvalue weighted by Crippen LogP contribution is -2.48. The molecule has 144 valence electrons. The fourth-order valence-electron chi connectivity index (χ4n) is 2.97. The van der Waals surface area contributed by atoms with Gasteiger partial charge < -0.3 is 10.2 Å². The Balaban J connectivity index is 2.30. The minimum atomic E-state index is -0.692. The fourth-order valence-corrected chi connectivity index (χ4v) is 2.97. The average Bonchev–Trinajstić information content (AvgIpc) is 2.63. The predicted molar refractivity (Wildman–Crippen MR) is 105 cm³/mol. The molecule has 0 aromatic heterocycles. The van der Waals surface area contributed by atoms with Gasteiger partial charge in [-0.3, -0.25) is 9.59 Å². The third kappa shape index (κ3) is 5.39. The van der Waals surface area contributed by atoms with Crippen LogP contribution in [0.5, 0.6) is 0 Å². The second-order valence-corrected chi connectivity index (χ2v) is 6.79. The highest BCUT2D eigenvalue weighted by Crippen LogP contribution is 2.17. The van der Waals surface area contributed by atoms with Crippen LogP contribution in [-0.4, -0.2) is 29.3 Å². The van der Waals surface area contributed by atoms with Gasteiger partial charge in [-0.15, -0.1) is 0 Å². The summed E-state index contributed by atoms with van der Waals surface area (Å²) in [6.07, 6.45) is 0.172. The van der Waals surface area contributed by atoms with E-state index in [1.807, 2.05) is 39.0 Å². The summed E-state index contributed by atoms with van der Waals surface area (Å²) in [5.74, 6) is -0.834. The van der Waals surface area contributed by atoms with Crippen molar-refractivity contribution in [1.29, 1.82) is 0 Å². The van der Waals surface area contributed by atoms with E-state index in [4.69, 9.17) is 0 Å². The smallest absolute Gasteiger partial charge is 0.242 e. The fraction of sp³-hybridized carbons (Fsp3) is 0.364. The summed E-state index contributed by atoms with van der Waals surface area (Å²) in [4.78, 5) is 26.9. The van der Waals surface area contributed by atoms with Gasteiger partial charge >= 0.3 is 0 Å². The van der Waals surface area contributed by atoms with Crippen molar-refractivity contribution >= 4 is 11.8 Å². The maximum atomic E-state index is 14.1. The molecular formula is C22H27FN2O2. The van der Waals surface area contributed by atoms with Gasteiger partial charge in [0.1, 0.15) is 11.9 Å². The number of hydrogen-bond acceptors (Lipinski definition) is 2. The second-order valence-electron chi connectivity index (χ2n) is 6.79. The number of nitrogens with zero attached hydrogens (tertiary/aromatic N) is 1. The molecule has 5 heteroatoms. The van der Waals surface area contributed by atoms with E-state index in [9.17, 15) is 14.0 Å². The molecule has 0 radical (unpaired) electrons. The first-order chi connectivity index (χ1) is 12.8. The molecule has 2 aromatic carbocycles. The summed E-state index contributed by atoms with van der Waals surface area (Å²) >= 11 is 0. The van der Waals surface area contributed by atoms with Gasteiger partial charge in [-0.2, -0.15) is 0 Å². The number of benzene rings is 2. The molecule has 0 saturated heterocycles. The van der Waals surface area contributed by atoms with Gasteiger partial charge in [0, 0.05) is 18.7 Å². The van der Waals surface area contributed by atoms with Gasteiger partial charge in [0.2, 0.25) is 11.8 Å². The van der Waals surface area contributed by atoms with E-state index in [0.29, 0.717) is 12.1 Å². The molecule has 0 aliphatic rings. The van der Waals surface area contributed by atoms with Crippen LogP contribution in [0.1, 0.15) is 36.1 Å². The highest BCUT2D eigenvalue weighted by atomic mass is 19.1. The topological polar surface area (TPSA) is 49.4 Å². The molecule has 0 heterocycles. The number of carbonyl (C=O) groups is 2. The standard InChI is InChI=1S/C22H27FN2O2/c1-5-24-22(27)17(4)25(14-18-8-6-7-9-20(18)23)21(26)13-19-12-15(2)10-11-16(19)3/h6-12,17H,5,13-14H2,1-4H3,(H,24,27). The number of carbonyl (C=O) groups excluding carboxylic acids is 2. The summed E-state index contributed by atoms with van der Waals surface area (Å²) in [5, 5.41) is 2.74. The zero-order valence-electron chi connectivity index (χ0n) is 16.4. The first-order valence-corrected chi connectivity index (χ1v) is 9.20. The Morgan fingerprint density at radius 3 is 2.48 bits per heavy atom. The minimum Gasteiger partial charge on any atom is -0.355 e. The predicted octanol–water partition coefficient (Wildman–Crippen LogP) is 3.54. The van der Waals surface area contributed by atoms with Gasteiger partial charge in [0.15, 0.2) is 0 Å². The van der Waals surface area contributed by atoms with E-state index in [1.165, 1.54) is 11.0 Å². The van der Waals surface area contributed by atoms with Crippen molar-refractivity contribution in [1.82, 2.24) is 10.2 Å². The van der Waals surface area contributed by atoms with Crippen LogP contribution < -0.4 is 5.32 Å². The molecule has 2 aromatic rings. The minimum absolute atomic E-state index is 0.0503. The van der Waals surface area contributed by atoms with E-state index >= 15 is 0 Å². The summed E-state index contributed by atoms with van der Waals surface area (Å²) in [6, 6.07) is 11.6. The van der Waals surface area contributed by atoms with E-state index in [2.05, 4.69) is 5.32 Å². The van der Waals surface area contributed by atoms with Crippen LogP contribution in [0.15, 0.2) is 42.5 Å². The van der Waals surface area contributed by atoms with Crippen molar-refractivity contribution in [2.45, 2.75) is 46.7 Å². The summed E-state index contributed by atoms with van der Waals surface area (Å²) in [7, 11) is 0. The molecule has 4 nitrogen and oxygen atoms in total. The number of hydrogen-bond donors (Lipinski definition) is 1. The molecule has 0 aliphatic heterocycles. The number of nitrogens with one attached hydrogen (secondary N) is 1. The van der Waals surface area contributed by atoms with Crippen molar-refractivity contribution < 1.29 is 14.0 Å². The maximum absolute atomic E-state index is 14.1. The molecule has 0 spiro atoms. The second kappa shape index (κ2) is 9.31. The van der Waals surface area contributed by atoms with Crippen LogP contribution in [0.2, 0.25) is 0 Å². The zero-order chi connectivity index (χ0) is 20.0. The molecule has 0 aliphatic carbocycles. The molecule has 2 amide bonds.